The van der Waals surface area contributed by atoms with Gasteiger partial charge in [-0.05, 0) is 49.2 Å². The quantitative estimate of drug-likeness (QED) is 0.242. The SMILES string of the molecule is O=C(Nc1cncc(-c2cc3c(-c4cc5c(-c6ccccc6F)nccc5[nH]4)n[nH]c3cn2)c1)C1CCCC1. The van der Waals surface area contributed by atoms with Crippen LogP contribution in [0.1, 0.15) is 25.7 Å². The van der Waals surface area contributed by atoms with Crippen LogP contribution in [0.25, 0.3) is 55.7 Å². The molecule has 1 amide bonds. The van der Waals surface area contributed by atoms with Gasteiger partial charge >= 0.3 is 0 Å². The second-order valence-corrected chi connectivity index (χ2v) is 9.90. The molecule has 5 aromatic heterocycles. The number of rotatable bonds is 5. The molecule has 8 nitrogen and oxygen atoms in total. The van der Waals surface area contributed by atoms with Gasteiger partial charge < -0.3 is 10.3 Å². The molecule has 0 bridgehead atoms. The summed E-state index contributed by atoms with van der Waals surface area (Å²) in [6.45, 7) is 0. The lowest BCUT2D eigenvalue weighted by molar-refractivity contribution is -0.119. The Kier molecular flexibility index (Phi) is 5.61. The molecule has 3 N–H and O–H groups in total. The number of carbonyl (C=O) groups is 1. The Bertz CT molecular complexity index is 1850. The minimum absolute atomic E-state index is 0.0510. The van der Waals surface area contributed by atoms with Gasteiger partial charge in [0.25, 0.3) is 0 Å². The third-order valence-electron chi connectivity index (χ3n) is 7.41. The first kappa shape index (κ1) is 23.2. The van der Waals surface area contributed by atoms with Gasteiger partial charge in [0.05, 0.1) is 40.7 Å². The molecule has 192 valence electrons. The van der Waals surface area contributed by atoms with E-state index in [1.165, 1.54) is 6.07 Å². The van der Waals surface area contributed by atoms with Crippen LogP contribution in [0.5, 0.6) is 0 Å². The molecule has 1 aliphatic rings. The van der Waals surface area contributed by atoms with Crippen LogP contribution in [0.4, 0.5) is 10.1 Å². The van der Waals surface area contributed by atoms with Crippen molar-refractivity contribution < 1.29 is 9.18 Å². The van der Waals surface area contributed by atoms with E-state index < -0.39 is 0 Å². The molecule has 6 aromatic rings. The summed E-state index contributed by atoms with van der Waals surface area (Å²) in [4.78, 5) is 29.4. The van der Waals surface area contributed by atoms with Crippen molar-refractivity contribution in [3.63, 3.8) is 0 Å². The zero-order valence-corrected chi connectivity index (χ0v) is 20.9. The maximum Gasteiger partial charge on any atom is 0.227 e. The molecule has 1 saturated carbocycles. The minimum Gasteiger partial charge on any atom is -0.353 e. The number of hydrogen-bond acceptors (Lipinski definition) is 5. The third-order valence-corrected chi connectivity index (χ3v) is 7.41. The van der Waals surface area contributed by atoms with Crippen molar-refractivity contribution in [3.8, 4) is 33.9 Å². The number of pyridine rings is 3. The lowest BCUT2D eigenvalue weighted by Crippen LogP contribution is -2.20. The number of aromatic amines is 2. The fourth-order valence-electron chi connectivity index (χ4n) is 5.41. The summed E-state index contributed by atoms with van der Waals surface area (Å²) in [6.07, 6.45) is 10.9. The second-order valence-electron chi connectivity index (χ2n) is 9.90. The van der Waals surface area contributed by atoms with E-state index in [2.05, 4.69) is 35.5 Å². The average Bonchev–Trinajstić information content (AvgIpc) is 3.73. The second kappa shape index (κ2) is 9.43. The Morgan fingerprint density at radius 2 is 1.77 bits per heavy atom. The van der Waals surface area contributed by atoms with Crippen molar-refractivity contribution in [3.05, 3.63) is 79.1 Å². The molecule has 1 fully saturated rings. The first-order valence-electron chi connectivity index (χ1n) is 13.0. The zero-order valence-electron chi connectivity index (χ0n) is 20.9. The average molecular weight is 518 g/mol. The van der Waals surface area contributed by atoms with Gasteiger partial charge in [-0.1, -0.05) is 25.0 Å². The highest BCUT2D eigenvalue weighted by molar-refractivity contribution is 6.00. The molecule has 5 heterocycles. The number of anilines is 1. The van der Waals surface area contributed by atoms with Crippen molar-refractivity contribution in [1.29, 1.82) is 0 Å². The summed E-state index contributed by atoms with van der Waals surface area (Å²) in [5.74, 6) is -0.200. The number of nitrogens with zero attached hydrogens (tertiary/aromatic N) is 4. The lowest BCUT2D eigenvalue weighted by atomic mass is 10.1. The normalized spacial score (nSPS) is 13.9. The topological polar surface area (TPSA) is 112 Å². The van der Waals surface area contributed by atoms with E-state index in [0.717, 1.165) is 58.7 Å². The predicted molar refractivity (Wildman–Crippen MR) is 148 cm³/mol. The van der Waals surface area contributed by atoms with Crippen molar-refractivity contribution in [2.24, 2.45) is 5.92 Å². The molecular formula is C30H24FN7O. The van der Waals surface area contributed by atoms with Gasteiger partial charge in [0.2, 0.25) is 5.91 Å². The summed E-state index contributed by atoms with van der Waals surface area (Å²) in [5, 5.41) is 12.3. The summed E-state index contributed by atoms with van der Waals surface area (Å²) >= 11 is 0. The number of fused-ring (bicyclic) bond motifs is 2. The molecule has 0 saturated heterocycles. The number of halogens is 1. The van der Waals surface area contributed by atoms with Gasteiger partial charge in [0.15, 0.2) is 0 Å². The fraction of sp³-hybridized carbons (Fsp3) is 0.167. The monoisotopic (exact) mass is 517 g/mol. The van der Waals surface area contributed by atoms with E-state index in [4.69, 9.17) is 0 Å². The van der Waals surface area contributed by atoms with E-state index in [-0.39, 0.29) is 17.6 Å². The number of amides is 1. The highest BCUT2D eigenvalue weighted by Crippen LogP contribution is 2.35. The molecule has 9 heteroatoms. The van der Waals surface area contributed by atoms with Crippen LogP contribution in [0, 0.1) is 11.7 Å². The van der Waals surface area contributed by atoms with E-state index in [9.17, 15) is 9.18 Å². The van der Waals surface area contributed by atoms with Crippen LogP contribution in [-0.2, 0) is 4.79 Å². The summed E-state index contributed by atoms with van der Waals surface area (Å²) in [7, 11) is 0. The van der Waals surface area contributed by atoms with E-state index in [1.807, 2.05) is 24.3 Å². The lowest BCUT2D eigenvalue weighted by Gasteiger charge is -2.11. The maximum absolute atomic E-state index is 14.6. The first-order chi connectivity index (χ1) is 19.1. The number of H-pyrrole nitrogens is 2. The van der Waals surface area contributed by atoms with Gasteiger partial charge in [-0.25, -0.2) is 4.39 Å². The van der Waals surface area contributed by atoms with Crippen LogP contribution in [0.2, 0.25) is 0 Å². The van der Waals surface area contributed by atoms with Gasteiger partial charge in [-0.2, -0.15) is 5.10 Å². The van der Waals surface area contributed by atoms with Crippen LogP contribution < -0.4 is 5.32 Å². The Morgan fingerprint density at radius 3 is 2.64 bits per heavy atom. The summed E-state index contributed by atoms with van der Waals surface area (Å²) in [5.41, 5.74) is 6.25. The molecule has 1 aliphatic carbocycles. The van der Waals surface area contributed by atoms with Gasteiger partial charge in [0, 0.05) is 45.7 Å². The van der Waals surface area contributed by atoms with Gasteiger partial charge in [-0.15, -0.1) is 0 Å². The highest BCUT2D eigenvalue weighted by Gasteiger charge is 2.23. The number of carbonyl (C=O) groups excluding carboxylic acids is 1. The zero-order chi connectivity index (χ0) is 26.3. The highest BCUT2D eigenvalue weighted by atomic mass is 19.1. The fourth-order valence-corrected chi connectivity index (χ4v) is 5.41. The van der Waals surface area contributed by atoms with Crippen LogP contribution in [0.3, 0.4) is 0 Å². The number of aromatic nitrogens is 6. The Hall–Kier alpha value is -4.92. The van der Waals surface area contributed by atoms with Gasteiger partial charge in [0.1, 0.15) is 11.5 Å². The Balaban J connectivity index is 1.25. The molecule has 0 aliphatic heterocycles. The third kappa shape index (κ3) is 4.21. The standard InChI is InChI=1S/C30H24FN7O/c31-23-8-4-3-7-20(23)28-21-13-26(36-24(21)9-10-33-28)29-22-12-25(34-16-27(22)37-38-29)18-11-19(15-32-14-18)35-30(39)17-5-1-2-6-17/h3-4,7-17,36H,1-2,5-6H2,(H,35,39)(H,37,38). The van der Waals surface area contributed by atoms with Crippen LogP contribution in [-0.4, -0.2) is 36.0 Å². The molecule has 0 spiro atoms. The van der Waals surface area contributed by atoms with Crippen molar-refractivity contribution in [2.45, 2.75) is 25.7 Å². The van der Waals surface area contributed by atoms with Crippen molar-refractivity contribution >= 4 is 33.4 Å². The molecule has 39 heavy (non-hydrogen) atoms. The molecule has 7 rings (SSSR count). The van der Waals surface area contributed by atoms with Crippen LogP contribution in [0.15, 0.2) is 73.3 Å². The van der Waals surface area contributed by atoms with E-state index in [0.29, 0.717) is 28.3 Å². The maximum atomic E-state index is 14.6. The molecule has 0 atom stereocenters. The van der Waals surface area contributed by atoms with Gasteiger partial charge in [-0.3, -0.25) is 24.8 Å². The molecule has 1 aromatic carbocycles. The Morgan fingerprint density at radius 1 is 0.923 bits per heavy atom. The molecular weight excluding hydrogens is 493 g/mol. The minimum atomic E-state index is -0.323. The smallest absolute Gasteiger partial charge is 0.227 e. The largest absolute Gasteiger partial charge is 0.353 e. The molecule has 0 radical (unpaired) electrons. The van der Waals surface area contributed by atoms with Crippen molar-refractivity contribution in [1.82, 2.24) is 30.1 Å². The van der Waals surface area contributed by atoms with Crippen LogP contribution >= 0.6 is 0 Å². The van der Waals surface area contributed by atoms with Crippen molar-refractivity contribution in [2.75, 3.05) is 5.32 Å². The number of benzene rings is 1. The first-order valence-corrected chi connectivity index (χ1v) is 13.0. The van der Waals surface area contributed by atoms with E-state index >= 15 is 0 Å². The number of nitrogens with one attached hydrogen (secondary N) is 3. The summed E-state index contributed by atoms with van der Waals surface area (Å²) in [6, 6.07) is 14.3. The van der Waals surface area contributed by atoms with E-state index in [1.54, 1.807) is 43.0 Å². The summed E-state index contributed by atoms with van der Waals surface area (Å²) < 4.78 is 14.6. The predicted octanol–water partition coefficient (Wildman–Crippen LogP) is 6.50. The Labute approximate surface area is 222 Å². The molecule has 0 unspecified atom stereocenters. The number of hydrogen-bond donors (Lipinski definition) is 3.